The molecule has 16 heavy (non-hydrogen) atoms. The Morgan fingerprint density at radius 1 is 1.31 bits per heavy atom. The lowest BCUT2D eigenvalue weighted by atomic mass is 9.96. The van der Waals surface area contributed by atoms with Gasteiger partial charge in [-0.25, -0.2) is 0 Å². The van der Waals surface area contributed by atoms with Gasteiger partial charge in [0.1, 0.15) is 0 Å². The monoisotopic (exact) mass is 222 g/mol. The smallest absolute Gasteiger partial charge is 0.222 e. The summed E-state index contributed by atoms with van der Waals surface area (Å²) in [6.45, 7) is 0.571. The maximum absolute atomic E-state index is 11.8. The molecule has 1 saturated carbocycles. The van der Waals surface area contributed by atoms with Gasteiger partial charge < -0.3 is 4.90 Å². The van der Waals surface area contributed by atoms with E-state index in [1.807, 2.05) is 0 Å². The molecule has 0 radical (unpaired) electrons. The second kappa shape index (κ2) is 7.27. The van der Waals surface area contributed by atoms with E-state index in [1.165, 1.54) is 38.5 Å². The summed E-state index contributed by atoms with van der Waals surface area (Å²) in [5.41, 5.74) is 0. The van der Waals surface area contributed by atoms with Crippen LogP contribution in [0.1, 0.15) is 51.4 Å². The van der Waals surface area contributed by atoms with Gasteiger partial charge in [0, 0.05) is 20.0 Å². The molecular weight excluding hydrogens is 200 g/mol. The van der Waals surface area contributed by atoms with E-state index < -0.39 is 0 Å². The van der Waals surface area contributed by atoms with E-state index >= 15 is 0 Å². The zero-order chi connectivity index (χ0) is 11.8. The molecule has 0 saturated heterocycles. The van der Waals surface area contributed by atoms with E-state index in [0.29, 0.717) is 25.3 Å². The van der Waals surface area contributed by atoms with Gasteiger partial charge in [0.25, 0.3) is 0 Å². The first-order chi connectivity index (χ1) is 7.74. The minimum absolute atomic E-state index is 0.210. The molecule has 0 unspecified atom stereocenters. The van der Waals surface area contributed by atoms with Crippen molar-refractivity contribution in [2.75, 3.05) is 13.6 Å². The van der Waals surface area contributed by atoms with Crippen molar-refractivity contribution in [1.29, 1.82) is 5.26 Å². The maximum atomic E-state index is 11.8. The average Bonchev–Trinajstić information content (AvgIpc) is 2.54. The van der Waals surface area contributed by atoms with E-state index in [0.717, 1.165) is 0 Å². The third-order valence-corrected chi connectivity index (χ3v) is 3.42. The Morgan fingerprint density at radius 2 is 1.94 bits per heavy atom. The first kappa shape index (κ1) is 13.0. The molecular formula is C13H22N2O. The van der Waals surface area contributed by atoms with Crippen LogP contribution in [0.15, 0.2) is 0 Å². The average molecular weight is 222 g/mol. The predicted octanol–water partition coefficient (Wildman–Crippen LogP) is 2.72. The van der Waals surface area contributed by atoms with Gasteiger partial charge in [0.2, 0.25) is 5.91 Å². The van der Waals surface area contributed by atoms with Crippen LogP contribution in [0.4, 0.5) is 0 Å². The molecule has 1 rings (SSSR count). The molecule has 0 aromatic carbocycles. The number of carbonyl (C=O) groups is 1. The summed E-state index contributed by atoms with van der Waals surface area (Å²) in [4.78, 5) is 13.5. The lowest BCUT2D eigenvalue weighted by Gasteiger charge is -2.19. The summed E-state index contributed by atoms with van der Waals surface area (Å²) in [5, 5.41) is 8.47. The summed E-state index contributed by atoms with van der Waals surface area (Å²) in [7, 11) is 1.80. The predicted molar refractivity (Wildman–Crippen MR) is 63.7 cm³/mol. The Balaban J connectivity index is 2.28. The Bertz CT molecular complexity index is 249. The number of rotatable bonds is 4. The van der Waals surface area contributed by atoms with E-state index in [-0.39, 0.29) is 5.91 Å². The Kier molecular flexibility index (Phi) is 5.92. The van der Waals surface area contributed by atoms with Crippen molar-refractivity contribution in [2.45, 2.75) is 51.4 Å². The molecule has 1 aliphatic rings. The van der Waals surface area contributed by atoms with Crippen molar-refractivity contribution in [1.82, 2.24) is 4.90 Å². The molecule has 0 aromatic heterocycles. The highest BCUT2D eigenvalue weighted by Gasteiger charge is 2.18. The number of hydrogen-bond donors (Lipinski definition) is 0. The van der Waals surface area contributed by atoms with Crippen molar-refractivity contribution in [2.24, 2.45) is 5.92 Å². The van der Waals surface area contributed by atoms with Crippen LogP contribution < -0.4 is 0 Å². The van der Waals surface area contributed by atoms with Crippen molar-refractivity contribution in [3.63, 3.8) is 0 Å². The fraction of sp³-hybridized carbons (Fsp3) is 0.846. The standard InChI is InChI=1S/C13H22N2O/c1-15(10-6-9-14)13(16)11-12-7-4-2-3-5-8-12/h12H,2-8,10-11H2,1H3. The Labute approximate surface area is 98.4 Å². The van der Waals surface area contributed by atoms with E-state index in [2.05, 4.69) is 6.07 Å². The number of nitriles is 1. The van der Waals surface area contributed by atoms with Crippen molar-refractivity contribution in [3.05, 3.63) is 0 Å². The summed E-state index contributed by atoms with van der Waals surface area (Å²) < 4.78 is 0. The van der Waals surface area contributed by atoms with Crippen LogP contribution in [0.25, 0.3) is 0 Å². The first-order valence-corrected chi connectivity index (χ1v) is 6.35. The zero-order valence-electron chi connectivity index (χ0n) is 10.2. The van der Waals surface area contributed by atoms with Gasteiger partial charge in [-0.3, -0.25) is 4.79 Å². The molecule has 3 nitrogen and oxygen atoms in total. The second-order valence-electron chi connectivity index (χ2n) is 4.79. The normalized spacial score (nSPS) is 17.5. The van der Waals surface area contributed by atoms with Crippen LogP contribution in [0, 0.1) is 17.2 Å². The minimum atomic E-state index is 0.210. The maximum Gasteiger partial charge on any atom is 0.222 e. The van der Waals surface area contributed by atoms with Crippen LogP contribution in [-0.4, -0.2) is 24.4 Å². The highest BCUT2D eigenvalue weighted by Crippen LogP contribution is 2.25. The second-order valence-corrected chi connectivity index (χ2v) is 4.79. The van der Waals surface area contributed by atoms with Gasteiger partial charge in [0.05, 0.1) is 12.5 Å². The minimum Gasteiger partial charge on any atom is -0.345 e. The van der Waals surface area contributed by atoms with Crippen molar-refractivity contribution in [3.8, 4) is 6.07 Å². The quantitative estimate of drug-likeness (QED) is 0.686. The van der Waals surface area contributed by atoms with Crippen LogP contribution >= 0.6 is 0 Å². The summed E-state index contributed by atoms with van der Waals surface area (Å²) >= 11 is 0. The molecule has 1 amide bonds. The highest BCUT2D eigenvalue weighted by atomic mass is 16.2. The van der Waals surface area contributed by atoms with Crippen LogP contribution in [0.2, 0.25) is 0 Å². The Hall–Kier alpha value is -1.04. The molecule has 0 atom stereocenters. The lowest BCUT2D eigenvalue weighted by molar-refractivity contribution is -0.130. The molecule has 1 fully saturated rings. The van der Waals surface area contributed by atoms with Crippen LogP contribution in [0.5, 0.6) is 0 Å². The summed E-state index contributed by atoms with van der Waals surface area (Å²) in [6, 6.07) is 2.07. The van der Waals surface area contributed by atoms with Gasteiger partial charge in [-0.15, -0.1) is 0 Å². The topological polar surface area (TPSA) is 44.1 Å². The molecule has 90 valence electrons. The third kappa shape index (κ3) is 4.65. The summed E-state index contributed by atoms with van der Waals surface area (Å²) in [5.74, 6) is 0.793. The Morgan fingerprint density at radius 3 is 2.50 bits per heavy atom. The number of amides is 1. The third-order valence-electron chi connectivity index (χ3n) is 3.42. The van der Waals surface area contributed by atoms with Gasteiger partial charge in [-0.05, 0) is 18.8 Å². The van der Waals surface area contributed by atoms with Crippen LogP contribution in [0.3, 0.4) is 0 Å². The molecule has 0 spiro atoms. The van der Waals surface area contributed by atoms with Gasteiger partial charge >= 0.3 is 0 Å². The highest BCUT2D eigenvalue weighted by molar-refractivity contribution is 5.76. The molecule has 0 bridgehead atoms. The fourth-order valence-electron chi connectivity index (χ4n) is 2.31. The molecule has 3 heteroatoms. The first-order valence-electron chi connectivity index (χ1n) is 6.35. The number of nitrogens with zero attached hydrogens (tertiary/aromatic N) is 2. The van der Waals surface area contributed by atoms with Gasteiger partial charge in [-0.1, -0.05) is 25.7 Å². The molecule has 0 aromatic rings. The summed E-state index contributed by atoms with van der Waals surface area (Å²) in [6.07, 6.45) is 8.74. The molecule has 1 aliphatic carbocycles. The SMILES string of the molecule is CN(CCC#N)C(=O)CC1CCCCCC1. The molecule has 0 heterocycles. The molecule has 0 aliphatic heterocycles. The number of hydrogen-bond acceptors (Lipinski definition) is 2. The van der Waals surface area contributed by atoms with Crippen molar-refractivity contribution >= 4 is 5.91 Å². The molecule has 0 N–H and O–H groups in total. The largest absolute Gasteiger partial charge is 0.345 e. The van der Waals surface area contributed by atoms with E-state index in [9.17, 15) is 4.79 Å². The lowest BCUT2D eigenvalue weighted by Crippen LogP contribution is -2.29. The fourth-order valence-corrected chi connectivity index (χ4v) is 2.31. The van der Waals surface area contributed by atoms with Gasteiger partial charge in [0.15, 0.2) is 0 Å². The number of carbonyl (C=O) groups excluding carboxylic acids is 1. The zero-order valence-corrected chi connectivity index (χ0v) is 10.2. The van der Waals surface area contributed by atoms with E-state index in [4.69, 9.17) is 5.26 Å². The van der Waals surface area contributed by atoms with Crippen LogP contribution in [-0.2, 0) is 4.79 Å². The van der Waals surface area contributed by atoms with Gasteiger partial charge in [-0.2, -0.15) is 5.26 Å². The van der Waals surface area contributed by atoms with Crippen molar-refractivity contribution < 1.29 is 4.79 Å². The van der Waals surface area contributed by atoms with E-state index in [1.54, 1.807) is 11.9 Å².